The van der Waals surface area contributed by atoms with Crippen LogP contribution in [0.25, 0.3) is 0 Å². The molecule has 3 aliphatic heterocycles. The molecule has 2 unspecified atom stereocenters. The molecule has 3 heterocycles. The summed E-state index contributed by atoms with van der Waals surface area (Å²) >= 11 is 0. The lowest BCUT2D eigenvalue weighted by Crippen LogP contribution is -2.54. The fourth-order valence-corrected chi connectivity index (χ4v) is 4.98. The number of carbonyl (C=O) groups excluding carboxylic acids is 3. The van der Waals surface area contributed by atoms with Crippen LogP contribution in [0.15, 0.2) is 42.5 Å². The number of hydrogen-bond acceptors (Lipinski definition) is 6. The Labute approximate surface area is 197 Å². The summed E-state index contributed by atoms with van der Waals surface area (Å²) < 4.78 is 16.1. The van der Waals surface area contributed by atoms with Gasteiger partial charge in [0.25, 0.3) is 5.91 Å². The van der Waals surface area contributed by atoms with E-state index in [2.05, 4.69) is 0 Å². The average molecular weight is 466 g/mol. The smallest absolute Gasteiger partial charge is 0.409 e. The van der Waals surface area contributed by atoms with Crippen molar-refractivity contribution in [2.24, 2.45) is 0 Å². The zero-order valence-electron chi connectivity index (χ0n) is 19.2. The van der Waals surface area contributed by atoms with E-state index in [1.165, 1.54) is 0 Å². The zero-order valence-corrected chi connectivity index (χ0v) is 19.2. The number of benzene rings is 2. The molecule has 1 fully saturated rings. The van der Waals surface area contributed by atoms with E-state index >= 15 is 0 Å². The van der Waals surface area contributed by atoms with Crippen molar-refractivity contribution in [2.45, 2.75) is 18.9 Å². The quantitative estimate of drug-likeness (QED) is 0.693. The van der Waals surface area contributed by atoms with Gasteiger partial charge in [0.05, 0.1) is 18.6 Å². The third kappa shape index (κ3) is 3.70. The van der Waals surface area contributed by atoms with Gasteiger partial charge in [0.2, 0.25) is 12.7 Å². The summed E-state index contributed by atoms with van der Waals surface area (Å²) in [5.74, 6) is 0.458. The first-order chi connectivity index (χ1) is 16.5. The molecule has 0 N–H and O–H groups in total. The lowest BCUT2D eigenvalue weighted by Gasteiger charge is -2.43. The number of ether oxygens (including phenoxy) is 3. The van der Waals surface area contributed by atoms with Gasteiger partial charge in [-0.2, -0.15) is 0 Å². The highest BCUT2D eigenvalue weighted by Crippen LogP contribution is 2.45. The molecule has 2 aromatic carbocycles. The molecule has 2 aromatic rings. The van der Waals surface area contributed by atoms with Gasteiger partial charge in [-0.3, -0.25) is 9.59 Å². The second-order valence-corrected chi connectivity index (χ2v) is 8.55. The number of amides is 3. The molecule has 3 amide bonds. The Bertz CT molecular complexity index is 1130. The van der Waals surface area contributed by atoms with E-state index in [9.17, 15) is 14.4 Å². The Kier molecular flexibility index (Phi) is 5.77. The third-order valence-electron chi connectivity index (χ3n) is 6.70. The van der Waals surface area contributed by atoms with Gasteiger partial charge in [0.15, 0.2) is 11.5 Å². The van der Waals surface area contributed by atoms with Gasteiger partial charge < -0.3 is 28.9 Å². The molecular formula is C25H27N3O6. The highest BCUT2D eigenvalue weighted by atomic mass is 16.7. The van der Waals surface area contributed by atoms with E-state index in [4.69, 9.17) is 14.2 Å². The second kappa shape index (κ2) is 8.89. The van der Waals surface area contributed by atoms with E-state index in [0.717, 1.165) is 5.56 Å². The molecule has 9 nitrogen and oxygen atoms in total. The second-order valence-electron chi connectivity index (χ2n) is 8.55. The number of carbonyl (C=O) groups is 3. The predicted molar refractivity (Wildman–Crippen MR) is 122 cm³/mol. The van der Waals surface area contributed by atoms with Crippen LogP contribution in [-0.4, -0.2) is 79.2 Å². The highest BCUT2D eigenvalue weighted by molar-refractivity contribution is 6.01. The summed E-state index contributed by atoms with van der Waals surface area (Å²) in [6, 6.07) is 12.3. The van der Waals surface area contributed by atoms with Crippen LogP contribution in [0.3, 0.4) is 0 Å². The fraction of sp³-hybridized carbons (Fsp3) is 0.400. The van der Waals surface area contributed by atoms with Gasteiger partial charge in [-0.1, -0.05) is 24.3 Å². The Morgan fingerprint density at radius 1 is 1.00 bits per heavy atom. The van der Waals surface area contributed by atoms with Crippen molar-refractivity contribution in [3.8, 4) is 11.5 Å². The summed E-state index contributed by atoms with van der Waals surface area (Å²) in [6.45, 7) is 3.85. The number of piperazine rings is 1. The molecule has 0 saturated carbocycles. The highest BCUT2D eigenvalue weighted by Gasteiger charge is 2.45. The van der Waals surface area contributed by atoms with Crippen LogP contribution in [-0.2, 0) is 9.53 Å². The molecule has 0 radical (unpaired) electrons. The van der Waals surface area contributed by atoms with Gasteiger partial charge in [-0.15, -0.1) is 0 Å². The van der Waals surface area contributed by atoms with E-state index < -0.39 is 12.0 Å². The first kappa shape index (κ1) is 22.1. The summed E-state index contributed by atoms with van der Waals surface area (Å²) in [4.78, 5) is 44.3. The first-order valence-electron chi connectivity index (χ1n) is 11.5. The summed E-state index contributed by atoms with van der Waals surface area (Å²) in [5, 5.41) is 0. The minimum atomic E-state index is -0.589. The lowest BCUT2D eigenvalue weighted by molar-refractivity contribution is -0.136. The standard InChI is InChI=1S/C25H27N3O6/c1-3-32-25(31)28-12-10-27(11-13-28)24(30)21-17-6-4-5-7-18(17)23(29)26(2)22(21)16-8-9-19-20(14-16)34-15-33-19/h4-9,14,21-22H,3,10-13,15H2,1-2H3. The average Bonchev–Trinajstić information content (AvgIpc) is 3.34. The van der Waals surface area contributed by atoms with Gasteiger partial charge >= 0.3 is 6.09 Å². The molecule has 178 valence electrons. The normalized spacial score (nSPS) is 21.4. The molecule has 9 heteroatoms. The van der Waals surface area contributed by atoms with Crippen molar-refractivity contribution in [1.82, 2.24) is 14.7 Å². The maximum absolute atomic E-state index is 14.0. The van der Waals surface area contributed by atoms with Crippen molar-refractivity contribution in [1.29, 1.82) is 0 Å². The molecule has 5 rings (SSSR count). The van der Waals surface area contributed by atoms with Crippen LogP contribution in [0, 0.1) is 0 Å². The van der Waals surface area contributed by atoms with Crippen LogP contribution in [0.5, 0.6) is 11.5 Å². The molecule has 0 aliphatic carbocycles. The summed E-state index contributed by atoms with van der Waals surface area (Å²) in [5.41, 5.74) is 2.05. The fourth-order valence-electron chi connectivity index (χ4n) is 4.98. The number of fused-ring (bicyclic) bond motifs is 2. The van der Waals surface area contributed by atoms with Crippen LogP contribution in [0.2, 0.25) is 0 Å². The molecule has 34 heavy (non-hydrogen) atoms. The SMILES string of the molecule is CCOC(=O)N1CCN(C(=O)C2c3ccccc3C(=O)N(C)C2c2ccc3c(c2)OCO3)CC1. The number of nitrogens with zero attached hydrogens (tertiary/aromatic N) is 3. The van der Waals surface area contributed by atoms with Gasteiger partial charge in [-0.25, -0.2) is 4.79 Å². The maximum Gasteiger partial charge on any atom is 0.409 e. The third-order valence-corrected chi connectivity index (χ3v) is 6.70. The van der Waals surface area contributed by atoms with Gasteiger partial charge in [0, 0.05) is 38.8 Å². The molecule has 0 spiro atoms. The van der Waals surface area contributed by atoms with Crippen LogP contribution in [0.1, 0.15) is 40.4 Å². The van der Waals surface area contributed by atoms with Crippen LogP contribution < -0.4 is 9.47 Å². The number of rotatable bonds is 3. The van der Waals surface area contributed by atoms with Crippen molar-refractivity contribution >= 4 is 17.9 Å². The van der Waals surface area contributed by atoms with E-state index in [0.29, 0.717) is 55.4 Å². The lowest BCUT2D eigenvalue weighted by atomic mass is 9.79. The minimum absolute atomic E-state index is 0.0713. The number of likely N-dealkylation sites (N-methyl/N-ethyl adjacent to an activating group) is 1. The molecule has 2 atom stereocenters. The summed E-state index contributed by atoms with van der Waals surface area (Å²) in [6.07, 6.45) is -0.360. The van der Waals surface area contributed by atoms with E-state index in [-0.39, 0.29) is 24.7 Å². The molecular weight excluding hydrogens is 438 g/mol. The van der Waals surface area contributed by atoms with E-state index in [1.54, 1.807) is 34.7 Å². The van der Waals surface area contributed by atoms with E-state index in [1.807, 2.05) is 36.4 Å². The maximum atomic E-state index is 14.0. The van der Waals surface area contributed by atoms with Crippen LogP contribution >= 0.6 is 0 Å². The first-order valence-corrected chi connectivity index (χ1v) is 11.5. The minimum Gasteiger partial charge on any atom is -0.454 e. The van der Waals surface area contributed by atoms with Crippen molar-refractivity contribution in [3.63, 3.8) is 0 Å². The topological polar surface area (TPSA) is 88.6 Å². The number of hydrogen-bond donors (Lipinski definition) is 0. The molecule has 3 aliphatic rings. The zero-order chi connectivity index (χ0) is 23.8. The van der Waals surface area contributed by atoms with Gasteiger partial charge in [0.1, 0.15) is 0 Å². The molecule has 0 aromatic heterocycles. The monoisotopic (exact) mass is 465 g/mol. The Balaban J connectivity index is 1.48. The Hall–Kier alpha value is -3.75. The molecule has 1 saturated heterocycles. The van der Waals surface area contributed by atoms with Crippen molar-refractivity contribution in [3.05, 3.63) is 59.2 Å². The van der Waals surface area contributed by atoms with Crippen LogP contribution in [0.4, 0.5) is 4.79 Å². The molecule has 0 bridgehead atoms. The van der Waals surface area contributed by atoms with Gasteiger partial charge in [-0.05, 0) is 36.2 Å². The summed E-state index contributed by atoms with van der Waals surface area (Å²) in [7, 11) is 1.73. The largest absolute Gasteiger partial charge is 0.454 e. The van der Waals surface area contributed by atoms with Crippen molar-refractivity contribution in [2.75, 3.05) is 46.6 Å². The van der Waals surface area contributed by atoms with Crippen molar-refractivity contribution < 1.29 is 28.6 Å². The Morgan fingerprint density at radius 2 is 1.71 bits per heavy atom. The predicted octanol–water partition coefficient (Wildman–Crippen LogP) is 2.63. The Morgan fingerprint density at radius 3 is 2.47 bits per heavy atom.